The minimum absolute atomic E-state index is 0.000429. The lowest BCUT2D eigenvalue weighted by Gasteiger charge is -2.40. The zero-order chi connectivity index (χ0) is 17.4. The van der Waals surface area contributed by atoms with Crippen LogP contribution in [0.15, 0.2) is 17.5 Å². The highest BCUT2D eigenvalue weighted by molar-refractivity contribution is 7.27. The maximum atomic E-state index is 12.7. The molecule has 0 aromatic carbocycles. The van der Waals surface area contributed by atoms with Gasteiger partial charge in [0.1, 0.15) is 0 Å². The second-order valence-electron chi connectivity index (χ2n) is 6.61. The van der Waals surface area contributed by atoms with E-state index in [9.17, 15) is 9.59 Å². The van der Waals surface area contributed by atoms with Gasteiger partial charge in [-0.3, -0.25) is 9.59 Å². The molecule has 0 unspecified atom stereocenters. The van der Waals surface area contributed by atoms with Crippen LogP contribution in [-0.2, 0) is 9.53 Å². The topological polar surface area (TPSA) is 75.9 Å². The molecular weight excluding hydrogens is 358 g/mol. The lowest BCUT2D eigenvalue weighted by atomic mass is 9.89. The van der Waals surface area contributed by atoms with E-state index in [0.29, 0.717) is 52.2 Å². The fraction of sp³-hybridized carbons (Fsp3) is 0.529. The molecule has 25 heavy (non-hydrogen) atoms. The molecule has 2 saturated heterocycles. The smallest absolute Gasteiger partial charge is 0.264 e. The van der Waals surface area contributed by atoms with Gasteiger partial charge in [0.05, 0.1) is 10.4 Å². The standard InChI is InChI=1S/C17H21N3O3S2/c18-17(2-8-23-9-3-17)16(22)20-6-4-19(5-7-20)15(21)14-11-13-12(25-14)1-10-24-13/h1,10-11H,2-9,18H2. The number of carbonyl (C=O) groups excluding carboxylic acids is 2. The van der Waals surface area contributed by atoms with Crippen molar-refractivity contribution in [3.8, 4) is 0 Å². The van der Waals surface area contributed by atoms with Gasteiger partial charge in [-0.2, -0.15) is 0 Å². The minimum Gasteiger partial charge on any atom is -0.381 e. The van der Waals surface area contributed by atoms with Crippen LogP contribution in [0.25, 0.3) is 9.40 Å². The van der Waals surface area contributed by atoms with Gasteiger partial charge in [-0.05, 0) is 30.4 Å². The third-order valence-corrected chi connectivity index (χ3v) is 7.10. The summed E-state index contributed by atoms with van der Waals surface area (Å²) in [5.41, 5.74) is 5.50. The van der Waals surface area contributed by atoms with Crippen molar-refractivity contribution in [2.75, 3.05) is 39.4 Å². The molecule has 2 amide bonds. The van der Waals surface area contributed by atoms with Gasteiger partial charge in [0.25, 0.3) is 5.91 Å². The summed E-state index contributed by atoms with van der Waals surface area (Å²) in [6.07, 6.45) is 1.13. The first kappa shape index (κ1) is 17.0. The van der Waals surface area contributed by atoms with Crippen molar-refractivity contribution in [1.29, 1.82) is 0 Å². The number of ether oxygens (including phenoxy) is 1. The molecule has 2 aromatic heterocycles. The summed E-state index contributed by atoms with van der Waals surface area (Å²) < 4.78 is 7.63. The zero-order valence-corrected chi connectivity index (χ0v) is 15.5. The highest BCUT2D eigenvalue weighted by Gasteiger charge is 2.40. The van der Waals surface area contributed by atoms with Crippen LogP contribution in [0.2, 0.25) is 0 Å². The molecule has 0 radical (unpaired) electrons. The monoisotopic (exact) mass is 379 g/mol. The highest BCUT2D eigenvalue weighted by atomic mass is 32.1. The summed E-state index contributed by atoms with van der Waals surface area (Å²) in [4.78, 5) is 29.9. The molecular formula is C17H21N3O3S2. The molecule has 2 N–H and O–H groups in total. The van der Waals surface area contributed by atoms with Gasteiger partial charge in [0, 0.05) is 48.8 Å². The van der Waals surface area contributed by atoms with Gasteiger partial charge in [0.15, 0.2) is 0 Å². The largest absolute Gasteiger partial charge is 0.381 e. The number of nitrogens with zero attached hydrogens (tertiary/aromatic N) is 2. The van der Waals surface area contributed by atoms with Crippen molar-refractivity contribution >= 4 is 43.9 Å². The van der Waals surface area contributed by atoms with E-state index >= 15 is 0 Å². The van der Waals surface area contributed by atoms with Crippen LogP contribution in [0.1, 0.15) is 22.5 Å². The number of amides is 2. The van der Waals surface area contributed by atoms with Gasteiger partial charge in [0.2, 0.25) is 5.91 Å². The highest BCUT2D eigenvalue weighted by Crippen LogP contribution is 2.31. The predicted octanol–water partition coefficient (Wildman–Crippen LogP) is 1.76. The molecule has 0 aliphatic carbocycles. The molecule has 0 atom stereocenters. The second kappa shape index (κ2) is 6.68. The normalized spacial score (nSPS) is 20.8. The van der Waals surface area contributed by atoms with Gasteiger partial charge >= 0.3 is 0 Å². The number of thiophene rings is 2. The molecule has 0 saturated carbocycles. The van der Waals surface area contributed by atoms with E-state index in [1.165, 1.54) is 11.3 Å². The third-order valence-electron chi connectivity index (χ3n) is 5.02. The number of nitrogens with two attached hydrogens (primary N) is 1. The quantitative estimate of drug-likeness (QED) is 0.863. The first-order valence-corrected chi connectivity index (χ1v) is 10.2. The van der Waals surface area contributed by atoms with Crippen LogP contribution in [0.5, 0.6) is 0 Å². The van der Waals surface area contributed by atoms with Crippen LogP contribution in [0.4, 0.5) is 0 Å². The van der Waals surface area contributed by atoms with E-state index in [0.717, 1.165) is 14.3 Å². The lowest BCUT2D eigenvalue weighted by molar-refractivity contribution is -0.142. The predicted molar refractivity (Wildman–Crippen MR) is 99.2 cm³/mol. The number of rotatable bonds is 2. The van der Waals surface area contributed by atoms with E-state index in [-0.39, 0.29) is 11.8 Å². The molecule has 0 bridgehead atoms. The summed E-state index contributed by atoms with van der Waals surface area (Å²) in [7, 11) is 0. The van der Waals surface area contributed by atoms with Crippen molar-refractivity contribution in [2.45, 2.75) is 18.4 Å². The minimum atomic E-state index is -0.803. The van der Waals surface area contributed by atoms with E-state index in [1.807, 2.05) is 27.3 Å². The number of carbonyl (C=O) groups is 2. The Bertz CT molecular complexity index is 758. The van der Waals surface area contributed by atoms with E-state index in [1.54, 1.807) is 11.3 Å². The Kier molecular flexibility index (Phi) is 4.53. The first-order valence-electron chi connectivity index (χ1n) is 8.49. The number of hydrogen-bond donors (Lipinski definition) is 1. The van der Waals surface area contributed by atoms with Crippen LogP contribution in [0.3, 0.4) is 0 Å². The van der Waals surface area contributed by atoms with Crippen molar-refractivity contribution in [3.05, 3.63) is 22.4 Å². The Morgan fingerprint density at radius 3 is 2.44 bits per heavy atom. The number of piperazine rings is 1. The Morgan fingerprint density at radius 1 is 1.08 bits per heavy atom. The van der Waals surface area contributed by atoms with E-state index in [2.05, 4.69) is 0 Å². The number of hydrogen-bond acceptors (Lipinski definition) is 6. The van der Waals surface area contributed by atoms with E-state index in [4.69, 9.17) is 10.5 Å². The second-order valence-corrected chi connectivity index (χ2v) is 8.64. The molecule has 2 aliphatic rings. The maximum absolute atomic E-state index is 12.7. The molecule has 4 rings (SSSR count). The fourth-order valence-corrected chi connectivity index (χ4v) is 5.48. The molecule has 4 heterocycles. The lowest BCUT2D eigenvalue weighted by Crippen LogP contribution is -2.61. The van der Waals surface area contributed by atoms with Crippen molar-refractivity contribution in [3.63, 3.8) is 0 Å². The third kappa shape index (κ3) is 3.19. The molecule has 2 fully saturated rings. The van der Waals surface area contributed by atoms with Gasteiger partial charge in [-0.1, -0.05) is 0 Å². The fourth-order valence-electron chi connectivity index (χ4n) is 3.40. The Balaban J connectivity index is 1.38. The molecule has 8 heteroatoms. The maximum Gasteiger partial charge on any atom is 0.264 e. The average molecular weight is 380 g/mol. The average Bonchev–Trinajstić information content (AvgIpc) is 3.23. The van der Waals surface area contributed by atoms with Gasteiger partial charge in [-0.15, -0.1) is 22.7 Å². The SMILES string of the molecule is NC1(C(=O)N2CCN(C(=O)c3cc4sccc4s3)CC2)CCOCC1. The van der Waals surface area contributed by atoms with Crippen molar-refractivity contribution in [2.24, 2.45) is 5.73 Å². The van der Waals surface area contributed by atoms with Crippen LogP contribution >= 0.6 is 22.7 Å². The van der Waals surface area contributed by atoms with Gasteiger partial charge < -0.3 is 20.3 Å². The van der Waals surface area contributed by atoms with Crippen LogP contribution in [-0.4, -0.2) is 66.5 Å². The van der Waals surface area contributed by atoms with Crippen LogP contribution in [0, 0.1) is 0 Å². The summed E-state index contributed by atoms with van der Waals surface area (Å²) in [6, 6.07) is 4.02. The molecule has 2 aliphatic heterocycles. The summed E-state index contributed by atoms with van der Waals surface area (Å²) >= 11 is 3.19. The van der Waals surface area contributed by atoms with Crippen molar-refractivity contribution < 1.29 is 14.3 Å². The molecule has 134 valence electrons. The molecule has 2 aromatic rings. The van der Waals surface area contributed by atoms with Crippen LogP contribution < -0.4 is 5.73 Å². The Labute approximate surface area is 154 Å². The first-order chi connectivity index (χ1) is 12.1. The Morgan fingerprint density at radius 2 is 1.76 bits per heavy atom. The summed E-state index contributed by atoms with van der Waals surface area (Å²) in [5.74, 6) is 0.0635. The zero-order valence-electron chi connectivity index (χ0n) is 13.9. The van der Waals surface area contributed by atoms with Crippen molar-refractivity contribution in [1.82, 2.24) is 9.80 Å². The van der Waals surface area contributed by atoms with E-state index < -0.39 is 5.54 Å². The summed E-state index contributed by atoms with van der Waals surface area (Å²) in [5, 5.41) is 2.04. The van der Waals surface area contributed by atoms with Gasteiger partial charge in [-0.25, -0.2) is 0 Å². The summed E-state index contributed by atoms with van der Waals surface area (Å²) in [6.45, 7) is 3.28. The molecule has 6 nitrogen and oxygen atoms in total. The molecule has 0 spiro atoms. The Hall–Kier alpha value is -1.48. The number of fused-ring (bicyclic) bond motifs is 1.